The molecule has 1 heteroatoms. The van der Waals surface area contributed by atoms with Crippen molar-refractivity contribution >= 4 is 0 Å². The van der Waals surface area contributed by atoms with Crippen LogP contribution in [0.3, 0.4) is 0 Å². The van der Waals surface area contributed by atoms with E-state index in [2.05, 4.69) is 13.8 Å². The van der Waals surface area contributed by atoms with Crippen molar-refractivity contribution in [1.29, 1.82) is 0 Å². The Morgan fingerprint density at radius 3 is 2.31 bits per heavy atom. The number of hydrogen-bond donors (Lipinski definition) is 1. The van der Waals surface area contributed by atoms with Crippen molar-refractivity contribution in [2.24, 2.45) is 11.8 Å². The zero-order valence-electron chi connectivity index (χ0n) is 12.1. The molecule has 2 unspecified atom stereocenters. The lowest BCUT2D eigenvalue weighted by Gasteiger charge is -2.12. The first kappa shape index (κ1) is 8.28. The smallest absolute Gasteiger partial charge is 0.0431 e. The standard InChI is InChI=1S/C12H26O/c1-4-11(2)7-5-8-12(3)9-6-10-13/h11-13H,4-10H2,1-3H3/i3D3. The van der Waals surface area contributed by atoms with E-state index in [1.54, 1.807) is 0 Å². The summed E-state index contributed by atoms with van der Waals surface area (Å²) in [5.41, 5.74) is 0. The SMILES string of the molecule is [2H]C([2H])([2H])C(CCCO)CCCC(C)CC. The van der Waals surface area contributed by atoms with Gasteiger partial charge in [0.1, 0.15) is 0 Å². The Bertz CT molecular complexity index is 168. The summed E-state index contributed by atoms with van der Waals surface area (Å²) >= 11 is 0. The van der Waals surface area contributed by atoms with Crippen LogP contribution in [0.25, 0.3) is 0 Å². The molecule has 0 spiro atoms. The third kappa shape index (κ3) is 8.29. The topological polar surface area (TPSA) is 20.2 Å². The Morgan fingerprint density at radius 2 is 1.77 bits per heavy atom. The Morgan fingerprint density at radius 1 is 1.15 bits per heavy atom. The van der Waals surface area contributed by atoms with Gasteiger partial charge in [0.2, 0.25) is 0 Å². The van der Waals surface area contributed by atoms with E-state index < -0.39 is 6.85 Å². The molecule has 0 aliphatic rings. The van der Waals surface area contributed by atoms with E-state index in [4.69, 9.17) is 9.22 Å². The molecule has 13 heavy (non-hydrogen) atoms. The van der Waals surface area contributed by atoms with E-state index in [0.717, 1.165) is 25.7 Å². The summed E-state index contributed by atoms with van der Waals surface area (Å²) in [5, 5.41) is 8.75. The zero-order valence-corrected chi connectivity index (χ0v) is 9.05. The highest BCUT2D eigenvalue weighted by Crippen LogP contribution is 2.17. The van der Waals surface area contributed by atoms with Crippen LogP contribution in [0.2, 0.25) is 0 Å². The maximum atomic E-state index is 8.75. The van der Waals surface area contributed by atoms with Crippen molar-refractivity contribution < 1.29 is 9.22 Å². The fourth-order valence-electron chi connectivity index (χ4n) is 1.40. The third-order valence-electron chi connectivity index (χ3n) is 2.66. The molecule has 0 bridgehead atoms. The first-order chi connectivity index (χ1) is 7.41. The van der Waals surface area contributed by atoms with Crippen LogP contribution in [0.1, 0.15) is 63.3 Å². The van der Waals surface area contributed by atoms with Gasteiger partial charge in [-0.25, -0.2) is 0 Å². The summed E-state index contributed by atoms with van der Waals surface area (Å²) in [6, 6.07) is 0. The summed E-state index contributed by atoms with van der Waals surface area (Å²) < 4.78 is 22.3. The van der Waals surface area contributed by atoms with Gasteiger partial charge in [0, 0.05) is 10.7 Å². The second-order valence-electron chi connectivity index (χ2n) is 4.01. The molecular weight excluding hydrogens is 160 g/mol. The average molecular weight is 189 g/mol. The van der Waals surface area contributed by atoms with Crippen LogP contribution in [-0.4, -0.2) is 11.7 Å². The van der Waals surface area contributed by atoms with Gasteiger partial charge < -0.3 is 5.11 Å². The van der Waals surface area contributed by atoms with Gasteiger partial charge in [0.25, 0.3) is 0 Å². The minimum atomic E-state index is -1.86. The van der Waals surface area contributed by atoms with Gasteiger partial charge in [0.05, 0.1) is 0 Å². The van der Waals surface area contributed by atoms with Gasteiger partial charge in [-0.2, -0.15) is 0 Å². The van der Waals surface area contributed by atoms with Crippen molar-refractivity contribution in [1.82, 2.24) is 0 Å². The molecule has 0 aliphatic heterocycles. The van der Waals surface area contributed by atoms with E-state index in [9.17, 15) is 0 Å². The van der Waals surface area contributed by atoms with Gasteiger partial charge in [-0.05, 0) is 24.7 Å². The first-order valence-electron chi connectivity index (χ1n) is 7.02. The Balaban J connectivity index is 3.93. The molecule has 0 fully saturated rings. The second-order valence-corrected chi connectivity index (χ2v) is 4.01. The Hall–Kier alpha value is -0.0400. The Kier molecular flexibility index (Phi) is 5.45. The predicted molar refractivity (Wildman–Crippen MR) is 58.8 cm³/mol. The molecule has 0 amide bonds. The molecule has 0 rings (SSSR count). The summed E-state index contributed by atoms with van der Waals surface area (Å²) in [4.78, 5) is 0. The highest BCUT2D eigenvalue weighted by atomic mass is 16.2. The number of rotatable bonds is 8. The molecule has 80 valence electrons. The van der Waals surface area contributed by atoms with Crippen LogP contribution < -0.4 is 0 Å². The number of hydrogen-bond acceptors (Lipinski definition) is 1. The van der Waals surface area contributed by atoms with Gasteiger partial charge in [0.15, 0.2) is 0 Å². The maximum Gasteiger partial charge on any atom is 0.0431 e. The van der Waals surface area contributed by atoms with Crippen LogP contribution in [0, 0.1) is 11.8 Å². The summed E-state index contributed by atoms with van der Waals surface area (Å²) in [7, 11) is 0. The zero-order chi connectivity index (χ0) is 12.6. The van der Waals surface area contributed by atoms with Gasteiger partial charge in [-0.3, -0.25) is 0 Å². The summed E-state index contributed by atoms with van der Waals surface area (Å²) in [6.45, 7) is 2.61. The molecule has 0 aromatic rings. The third-order valence-corrected chi connectivity index (χ3v) is 2.66. The van der Waals surface area contributed by atoms with Crippen molar-refractivity contribution in [3.05, 3.63) is 0 Å². The van der Waals surface area contributed by atoms with Crippen molar-refractivity contribution in [2.45, 2.75) is 59.2 Å². The normalized spacial score (nSPS) is 20.1. The molecule has 0 aromatic carbocycles. The highest BCUT2D eigenvalue weighted by molar-refractivity contribution is 4.56. The first-order valence-corrected chi connectivity index (χ1v) is 5.52. The second kappa shape index (κ2) is 8.55. The lowest BCUT2D eigenvalue weighted by atomic mass is 9.95. The van der Waals surface area contributed by atoms with Crippen molar-refractivity contribution in [3.8, 4) is 0 Å². The van der Waals surface area contributed by atoms with Crippen LogP contribution in [0.4, 0.5) is 0 Å². The lowest BCUT2D eigenvalue weighted by molar-refractivity contribution is 0.270. The van der Waals surface area contributed by atoms with E-state index >= 15 is 0 Å². The van der Waals surface area contributed by atoms with Crippen LogP contribution >= 0.6 is 0 Å². The summed E-state index contributed by atoms with van der Waals surface area (Å²) in [5.74, 6) is 0.457. The van der Waals surface area contributed by atoms with Crippen LogP contribution in [-0.2, 0) is 0 Å². The summed E-state index contributed by atoms with van der Waals surface area (Å²) in [6.07, 6.45) is 5.25. The van der Waals surface area contributed by atoms with E-state index in [-0.39, 0.29) is 12.5 Å². The lowest BCUT2D eigenvalue weighted by Crippen LogP contribution is -1.99. The van der Waals surface area contributed by atoms with Gasteiger partial charge in [-0.1, -0.05) is 46.4 Å². The molecule has 0 heterocycles. The molecule has 0 radical (unpaired) electrons. The van der Waals surface area contributed by atoms with E-state index in [0.29, 0.717) is 18.8 Å². The van der Waals surface area contributed by atoms with E-state index in [1.807, 2.05) is 0 Å². The van der Waals surface area contributed by atoms with Crippen LogP contribution in [0.15, 0.2) is 0 Å². The average Bonchev–Trinajstić information content (AvgIpc) is 2.20. The molecule has 0 saturated heterocycles. The number of aliphatic hydroxyl groups excluding tert-OH is 1. The minimum Gasteiger partial charge on any atom is -0.396 e. The molecule has 0 saturated carbocycles. The highest BCUT2D eigenvalue weighted by Gasteiger charge is 2.03. The maximum absolute atomic E-state index is 8.75. The van der Waals surface area contributed by atoms with Crippen molar-refractivity contribution in [2.75, 3.05) is 6.61 Å². The van der Waals surface area contributed by atoms with Gasteiger partial charge in [-0.15, -0.1) is 0 Å². The monoisotopic (exact) mass is 189 g/mol. The van der Waals surface area contributed by atoms with Crippen LogP contribution in [0.5, 0.6) is 0 Å². The Labute approximate surface area is 87.8 Å². The molecule has 0 aromatic heterocycles. The molecule has 1 N–H and O–H groups in total. The van der Waals surface area contributed by atoms with Gasteiger partial charge >= 0.3 is 0 Å². The molecule has 2 atom stereocenters. The fourth-order valence-corrected chi connectivity index (χ4v) is 1.40. The largest absolute Gasteiger partial charge is 0.396 e. The van der Waals surface area contributed by atoms with E-state index in [1.165, 1.54) is 0 Å². The fraction of sp³-hybridized carbons (Fsp3) is 1.00. The predicted octanol–water partition coefficient (Wildman–Crippen LogP) is 3.61. The van der Waals surface area contributed by atoms with Crippen molar-refractivity contribution in [3.63, 3.8) is 0 Å². The molecule has 1 nitrogen and oxygen atoms in total. The number of aliphatic hydroxyl groups is 1. The molecular formula is C12H26O. The quantitative estimate of drug-likeness (QED) is 0.618. The minimum absolute atomic E-state index is 0.0952. The molecule has 0 aliphatic carbocycles.